The van der Waals surface area contributed by atoms with E-state index in [0.717, 1.165) is 40.0 Å². The van der Waals surface area contributed by atoms with Crippen LogP contribution in [0.1, 0.15) is 45.9 Å². The first-order chi connectivity index (χ1) is 23.1. The maximum atomic E-state index is 11.6. The molecule has 2 aliphatic rings. The van der Waals surface area contributed by atoms with Crippen LogP contribution in [0.4, 0.5) is 0 Å². The highest BCUT2D eigenvalue weighted by Crippen LogP contribution is 2.48. The number of rotatable bonds is 10. The molecule has 13 heteroatoms. The van der Waals surface area contributed by atoms with Gasteiger partial charge in [-0.3, -0.25) is 14.8 Å². The number of ether oxygens (including phenoxy) is 2. The minimum absolute atomic E-state index is 0.00982. The molecule has 2 heterocycles. The molecule has 0 spiro atoms. The molecule has 0 unspecified atom stereocenters. The highest BCUT2D eigenvalue weighted by molar-refractivity contribution is 7.85. The molecule has 0 fully saturated rings. The first kappa shape index (κ1) is 36.1. The Bertz CT molecular complexity index is 1810. The fourth-order valence-electron chi connectivity index (χ4n) is 6.24. The average molecular weight is 718 g/mol. The molecule has 4 aromatic carbocycles. The van der Waals surface area contributed by atoms with Gasteiger partial charge < -0.3 is 24.8 Å². The minimum Gasteiger partial charge on any atom is -0.457 e. The molecular formula is C35H38Cl2N2O8S. The largest absolute Gasteiger partial charge is 0.457 e. The smallest absolute Gasteiger partial charge is 0.264 e. The van der Waals surface area contributed by atoms with E-state index < -0.39 is 10.1 Å². The molecule has 48 heavy (non-hydrogen) atoms. The van der Waals surface area contributed by atoms with E-state index >= 15 is 0 Å². The first-order valence-electron chi connectivity index (χ1n) is 15.3. The van der Waals surface area contributed by atoms with Crippen LogP contribution in [0.3, 0.4) is 0 Å². The topological polar surface area (TPSA) is 147 Å². The molecule has 4 aromatic rings. The van der Waals surface area contributed by atoms with E-state index in [2.05, 4.69) is 10.6 Å². The SMILES string of the molecule is CS(=O)(=O)OC[C@H]1c2ccccc2Oc2ccc(Cl)cc2[C@@H]1CNCO.OCNC[C@H]1c2cc(Cl)ccc2Oc2ccccc2[C@@H]1CO. The second kappa shape index (κ2) is 16.4. The molecule has 5 N–H and O–H groups in total. The van der Waals surface area contributed by atoms with E-state index in [1.807, 2.05) is 60.7 Å². The van der Waals surface area contributed by atoms with Crippen molar-refractivity contribution < 1.29 is 37.4 Å². The van der Waals surface area contributed by atoms with Gasteiger partial charge in [-0.15, -0.1) is 0 Å². The van der Waals surface area contributed by atoms with Crippen molar-refractivity contribution in [3.8, 4) is 23.0 Å². The van der Waals surface area contributed by atoms with Gasteiger partial charge in [0, 0.05) is 69.1 Å². The molecule has 0 saturated heterocycles. The van der Waals surface area contributed by atoms with Gasteiger partial charge in [0.05, 0.1) is 32.9 Å². The van der Waals surface area contributed by atoms with E-state index in [9.17, 15) is 18.6 Å². The lowest BCUT2D eigenvalue weighted by Gasteiger charge is -2.26. The highest BCUT2D eigenvalue weighted by atomic mass is 35.5. The summed E-state index contributed by atoms with van der Waals surface area (Å²) in [6.07, 6.45) is 1.03. The van der Waals surface area contributed by atoms with Crippen LogP contribution in [-0.2, 0) is 14.3 Å². The van der Waals surface area contributed by atoms with Crippen molar-refractivity contribution in [2.45, 2.75) is 23.7 Å². The summed E-state index contributed by atoms with van der Waals surface area (Å²) in [5.74, 6) is 2.08. The number of para-hydroxylation sites is 2. The molecule has 0 amide bonds. The molecule has 10 nitrogen and oxygen atoms in total. The predicted molar refractivity (Wildman–Crippen MR) is 185 cm³/mol. The fraction of sp³-hybridized carbons (Fsp3) is 0.314. The van der Waals surface area contributed by atoms with Gasteiger partial charge in [-0.1, -0.05) is 59.6 Å². The third kappa shape index (κ3) is 8.67. The Kier molecular flexibility index (Phi) is 12.4. The monoisotopic (exact) mass is 716 g/mol. The summed E-state index contributed by atoms with van der Waals surface area (Å²) in [5, 5.41) is 35.3. The Balaban J connectivity index is 0.000000190. The van der Waals surface area contributed by atoms with Crippen LogP contribution in [0.15, 0.2) is 84.9 Å². The lowest BCUT2D eigenvalue weighted by molar-refractivity contribution is 0.226. The standard InChI is InChI=1S/C18H20ClNO5S.C17H18ClNO3/c1-26(22,23)24-10-16-13-4-2-3-5-17(13)25-18-7-6-12(19)8-14(18)15(16)9-20-11-21;18-11-5-6-17-13(7-11)14(8-19-10-21)15(9-20)12-3-1-2-4-16(12)22-17/h2-8,15-16,20-21H,9-11H2,1H3;1-7,14-15,19-21H,8-10H2/t15-,16-;14-,15-/m00/s1. The highest BCUT2D eigenvalue weighted by Gasteiger charge is 2.34. The lowest BCUT2D eigenvalue weighted by Crippen LogP contribution is -2.28. The Morgan fingerprint density at radius 2 is 1.08 bits per heavy atom. The van der Waals surface area contributed by atoms with Gasteiger partial charge in [-0.25, -0.2) is 0 Å². The van der Waals surface area contributed by atoms with Crippen LogP contribution in [0.5, 0.6) is 23.0 Å². The zero-order valence-electron chi connectivity index (χ0n) is 26.2. The van der Waals surface area contributed by atoms with E-state index in [4.69, 9.17) is 42.0 Å². The number of aliphatic hydroxyl groups is 3. The van der Waals surface area contributed by atoms with Gasteiger partial charge in [-0.2, -0.15) is 8.42 Å². The molecule has 6 rings (SSSR count). The lowest BCUT2D eigenvalue weighted by atomic mass is 9.82. The average Bonchev–Trinajstić information content (AvgIpc) is 3.28. The van der Waals surface area contributed by atoms with Crippen molar-refractivity contribution in [1.29, 1.82) is 0 Å². The van der Waals surface area contributed by atoms with Crippen LogP contribution in [0.25, 0.3) is 0 Å². The van der Waals surface area contributed by atoms with Crippen molar-refractivity contribution in [2.75, 3.05) is 46.0 Å². The van der Waals surface area contributed by atoms with Crippen LogP contribution in [-0.4, -0.2) is 69.8 Å². The molecule has 4 atom stereocenters. The Labute approximate surface area is 290 Å². The number of halogens is 2. The van der Waals surface area contributed by atoms with E-state index in [1.54, 1.807) is 24.3 Å². The Hall–Kier alpha value is -3.23. The van der Waals surface area contributed by atoms with Gasteiger partial charge >= 0.3 is 0 Å². The Morgan fingerprint density at radius 3 is 1.54 bits per heavy atom. The predicted octanol–water partition coefficient (Wildman–Crippen LogP) is 5.67. The van der Waals surface area contributed by atoms with E-state index in [0.29, 0.717) is 34.6 Å². The molecule has 0 bridgehead atoms. The maximum absolute atomic E-state index is 11.6. The van der Waals surface area contributed by atoms with Crippen molar-refractivity contribution in [1.82, 2.24) is 10.6 Å². The molecule has 0 saturated carbocycles. The number of nitrogens with one attached hydrogen (secondary N) is 2. The zero-order valence-corrected chi connectivity index (χ0v) is 28.5. The van der Waals surface area contributed by atoms with Crippen LogP contribution in [0, 0.1) is 0 Å². The van der Waals surface area contributed by atoms with Crippen LogP contribution in [0.2, 0.25) is 10.0 Å². The molecule has 0 aromatic heterocycles. The van der Waals surface area contributed by atoms with Crippen molar-refractivity contribution >= 4 is 33.3 Å². The third-order valence-electron chi connectivity index (χ3n) is 8.40. The second-order valence-electron chi connectivity index (χ2n) is 11.5. The fourth-order valence-corrected chi connectivity index (χ4v) is 7.00. The summed E-state index contributed by atoms with van der Waals surface area (Å²) < 4.78 is 40.4. The summed E-state index contributed by atoms with van der Waals surface area (Å²) in [5.41, 5.74) is 3.57. The quantitative estimate of drug-likeness (QED) is 0.103. The normalized spacial score (nSPS) is 19.5. The van der Waals surface area contributed by atoms with E-state index in [-0.39, 0.29) is 50.3 Å². The van der Waals surface area contributed by atoms with Crippen molar-refractivity contribution in [3.05, 3.63) is 117 Å². The number of hydrogen-bond acceptors (Lipinski definition) is 10. The summed E-state index contributed by atoms with van der Waals surface area (Å²) in [4.78, 5) is 0. The molecule has 0 aliphatic carbocycles. The minimum atomic E-state index is -3.60. The second-order valence-corrected chi connectivity index (χ2v) is 14.0. The van der Waals surface area contributed by atoms with E-state index in [1.165, 1.54) is 0 Å². The summed E-state index contributed by atoms with van der Waals surface area (Å²) in [6.45, 7) is 0.556. The first-order valence-corrected chi connectivity index (χ1v) is 17.9. The van der Waals surface area contributed by atoms with Gasteiger partial charge in [0.25, 0.3) is 10.1 Å². The molecular weight excluding hydrogens is 679 g/mol. The summed E-state index contributed by atoms with van der Waals surface area (Å²) in [7, 11) is -3.60. The van der Waals surface area contributed by atoms with Gasteiger partial charge in [0.1, 0.15) is 23.0 Å². The number of fused-ring (bicyclic) bond motifs is 4. The van der Waals surface area contributed by atoms with Crippen LogP contribution < -0.4 is 20.1 Å². The molecule has 2 aliphatic heterocycles. The molecule has 256 valence electrons. The maximum Gasteiger partial charge on any atom is 0.264 e. The van der Waals surface area contributed by atoms with Crippen molar-refractivity contribution in [2.24, 2.45) is 0 Å². The van der Waals surface area contributed by atoms with Crippen LogP contribution >= 0.6 is 23.2 Å². The third-order valence-corrected chi connectivity index (χ3v) is 9.44. The number of hydrogen-bond donors (Lipinski definition) is 5. The van der Waals surface area contributed by atoms with Gasteiger partial charge in [0.15, 0.2) is 0 Å². The van der Waals surface area contributed by atoms with Crippen molar-refractivity contribution in [3.63, 3.8) is 0 Å². The summed E-state index contributed by atoms with van der Waals surface area (Å²) in [6, 6.07) is 26.0. The van der Waals surface area contributed by atoms with Gasteiger partial charge in [0.2, 0.25) is 0 Å². The number of aliphatic hydroxyl groups excluding tert-OH is 3. The molecule has 0 radical (unpaired) electrons. The summed E-state index contributed by atoms with van der Waals surface area (Å²) >= 11 is 12.3. The zero-order chi connectivity index (χ0) is 34.3. The number of benzene rings is 4. The van der Waals surface area contributed by atoms with Gasteiger partial charge in [-0.05, 0) is 48.5 Å². The Morgan fingerprint density at radius 1 is 0.646 bits per heavy atom.